The number of aromatic nitrogens is 1. The first-order valence-corrected chi connectivity index (χ1v) is 14.8. The molecule has 0 saturated heterocycles. The Balaban J connectivity index is 1.58. The van der Waals surface area contributed by atoms with E-state index in [0.717, 1.165) is 11.6 Å². The van der Waals surface area contributed by atoms with Gasteiger partial charge in [-0.15, -0.1) is 34.4 Å². The number of thioether (sulfide) groups is 1. The van der Waals surface area contributed by atoms with Crippen molar-refractivity contribution in [1.82, 2.24) is 4.98 Å². The lowest BCUT2D eigenvalue weighted by Gasteiger charge is -2.21. The Morgan fingerprint density at radius 2 is 1.85 bits per heavy atom. The van der Waals surface area contributed by atoms with Crippen LogP contribution in [-0.4, -0.2) is 10.2 Å². The highest BCUT2D eigenvalue weighted by Crippen LogP contribution is 2.53. The lowest BCUT2D eigenvalue weighted by molar-refractivity contribution is 0.536. The summed E-state index contributed by atoms with van der Waals surface area (Å²) >= 11 is 5.87. The number of thiophene rings is 2. The van der Waals surface area contributed by atoms with E-state index in [2.05, 4.69) is 95.1 Å². The van der Waals surface area contributed by atoms with E-state index in [1.807, 2.05) is 28.9 Å². The molecule has 0 bridgehead atoms. The molecule has 6 rings (SSSR count). The van der Waals surface area contributed by atoms with Crippen LogP contribution in [0.5, 0.6) is 0 Å². The van der Waals surface area contributed by atoms with Crippen molar-refractivity contribution in [2.75, 3.05) is 0 Å². The van der Waals surface area contributed by atoms with Gasteiger partial charge in [-0.1, -0.05) is 41.5 Å². The van der Waals surface area contributed by atoms with E-state index in [4.69, 9.17) is 4.98 Å². The van der Waals surface area contributed by atoms with Crippen LogP contribution in [0.15, 0.2) is 52.9 Å². The van der Waals surface area contributed by atoms with Crippen LogP contribution in [0, 0.1) is 5.92 Å². The van der Waals surface area contributed by atoms with E-state index >= 15 is 0 Å². The van der Waals surface area contributed by atoms with Crippen LogP contribution in [0.4, 0.5) is 0 Å². The normalized spacial score (nSPS) is 18.6. The fraction of sp³-hybridized carbons (Fsp3) is 0.367. The van der Waals surface area contributed by atoms with E-state index in [-0.39, 0.29) is 5.41 Å². The van der Waals surface area contributed by atoms with E-state index in [1.54, 1.807) is 5.56 Å². The van der Waals surface area contributed by atoms with Crippen LogP contribution >= 0.6 is 34.4 Å². The van der Waals surface area contributed by atoms with Crippen molar-refractivity contribution in [2.45, 2.75) is 69.4 Å². The molecule has 1 nitrogen and oxygen atoms in total. The summed E-state index contributed by atoms with van der Waals surface area (Å²) in [7, 11) is 0. The van der Waals surface area contributed by atoms with Crippen LogP contribution in [-0.2, 0) is 5.41 Å². The molecule has 0 N–H and O–H groups in total. The van der Waals surface area contributed by atoms with Gasteiger partial charge in [-0.05, 0) is 82.0 Å². The van der Waals surface area contributed by atoms with E-state index in [9.17, 15) is 0 Å². The van der Waals surface area contributed by atoms with Crippen molar-refractivity contribution in [3.05, 3.63) is 59.1 Å². The summed E-state index contributed by atoms with van der Waals surface area (Å²) in [6.07, 6.45) is 3.29. The van der Waals surface area contributed by atoms with Gasteiger partial charge in [0.2, 0.25) is 0 Å². The second kappa shape index (κ2) is 8.08. The van der Waals surface area contributed by atoms with Crippen molar-refractivity contribution in [1.29, 1.82) is 0 Å². The van der Waals surface area contributed by atoms with Gasteiger partial charge in [0, 0.05) is 42.1 Å². The number of nitrogens with zero attached hydrogens (tertiary/aromatic N) is 1. The first kappa shape index (κ1) is 22.6. The van der Waals surface area contributed by atoms with Gasteiger partial charge in [0.1, 0.15) is 0 Å². The van der Waals surface area contributed by atoms with Crippen molar-refractivity contribution in [3.63, 3.8) is 0 Å². The Hall–Kier alpha value is -1.88. The van der Waals surface area contributed by atoms with Crippen molar-refractivity contribution in [3.8, 4) is 11.3 Å². The first-order chi connectivity index (χ1) is 16.2. The average molecular weight is 502 g/mol. The Kier molecular flexibility index (Phi) is 5.36. The average Bonchev–Trinajstić information content (AvgIpc) is 3.47. The van der Waals surface area contributed by atoms with Gasteiger partial charge in [0.05, 0.1) is 10.4 Å². The van der Waals surface area contributed by atoms with Gasteiger partial charge in [-0.3, -0.25) is 4.98 Å². The summed E-state index contributed by atoms with van der Waals surface area (Å²) in [5.41, 5.74) is 5.44. The fourth-order valence-electron chi connectivity index (χ4n) is 5.51. The number of hydrogen-bond acceptors (Lipinski definition) is 4. The summed E-state index contributed by atoms with van der Waals surface area (Å²) < 4.78 is 4.12. The quantitative estimate of drug-likeness (QED) is 0.244. The number of fused-ring (bicyclic) bond motifs is 6. The highest BCUT2D eigenvalue weighted by Gasteiger charge is 2.33. The highest BCUT2D eigenvalue weighted by molar-refractivity contribution is 8.00. The molecule has 2 unspecified atom stereocenters. The molecule has 4 heteroatoms. The molecule has 4 heterocycles. The molecule has 1 aliphatic heterocycles. The molecule has 174 valence electrons. The molecule has 0 fully saturated rings. The second-order valence-electron chi connectivity index (χ2n) is 11.2. The molecule has 0 radical (unpaired) electrons. The number of pyridine rings is 1. The molecule has 3 aromatic heterocycles. The molecule has 0 saturated carbocycles. The fourth-order valence-corrected chi connectivity index (χ4v) is 9.55. The third-order valence-corrected chi connectivity index (χ3v) is 10.8. The molecule has 34 heavy (non-hydrogen) atoms. The zero-order valence-corrected chi connectivity index (χ0v) is 23.2. The Morgan fingerprint density at radius 3 is 2.62 bits per heavy atom. The van der Waals surface area contributed by atoms with Gasteiger partial charge in [0.15, 0.2) is 0 Å². The summed E-state index contributed by atoms with van der Waals surface area (Å²) in [6.45, 7) is 14.1. The summed E-state index contributed by atoms with van der Waals surface area (Å²) in [4.78, 5) is 6.45. The molecule has 1 aliphatic rings. The van der Waals surface area contributed by atoms with Crippen LogP contribution in [0.2, 0.25) is 0 Å². The molecular formula is C30H31NS3. The Bertz CT molecular complexity index is 1550. The molecule has 2 atom stereocenters. The first-order valence-electron chi connectivity index (χ1n) is 12.2. The van der Waals surface area contributed by atoms with E-state index in [1.165, 1.54) is 52.7 Å². The zero-order chi connectivity index (χ0) is 23.8. The number of benzene rings is 2. The molecular weight excluding hydrogens is 471 g/mol. The predicted molar refractivity (Wildman–Crippen MR) is 154 cm³/mol. The summed E-state index contributed by atoms with van der Waals surface area (Å²) in [5, 5.41) is 7.07. The SMILES string of the molecule is CC(C)CC1Sc2ccc3sc4c(-c5cc(C(C)(C)C)c6sccc6c5)nccc4c3c2C1C. The smallest absolute Gasteiger partial charge is 0.0880 e. The highest BCUT2D eigenvalue weighted by atomic mass is 32.2. The minimum absolute atomic E-state index is 0.0894. The monoisotopic (exact) mass is 501 g/mol. The molecule has 0 aliphatic carbocycles. The molecule has 0 amide bonds. The largest absolute Gasteiger partial charge is 0.255 e. The van der Waals surface area contributed by atoms with Gasteiger partial charge >= 0.3 is 0 Å². The van der Waals surface area contributed by atoms with E-state index < -0.39 is 0 Å². The van der Waals surface area contributed by atoms with Gasteiger partial charge < -0.3 is 0 Å². The van der Waals surface area contributed by atoms with Crippen LogP contribution in [0.25, 0.3) is 41.5 Å². The maximum absolute atomic E-state index is 4.96. The molecule has 0 spiro atoms. The Labute approximate surface area is 214 Å². The van der Waals surface area contributed by atoms with Crippen molar-refractivity contribution in [2.24, 2.45) is 5.92 Å². The number of hydrogen-bond donors (Lipinski definition) is 0. The van der Waals surface area contributed by atoms with Gasteiger partial charge in [-0.25, -0.2) is 0 Å². The molecule has 5 aromatic rings. The maximum atomic E-state index is 4.96. The summed E-state index contributed by atoms with van der Waals surface area (Å²) in [6, 6.07) is 14.0. The lowest BCUT2D eigenvalue weighted by Crippen LogP contribution is -2.11. The minimum Gasteiger partial charge on any atom is -0.255 e. The van der Waals surface area contributed by atoms with E-state index in [0.29, 0.717) is 11.2 Å². The molecule has 2 aromatic carbocycles. The minimum atomic E-state index is 0.0894. The maximum Gasteiger partial charge on any atom is 0.0880 e. The summed E-state index contributed by atoms with van der Waals surface area (Å²) in [5.74, 6) is 1.30. The topological polar surface area (TPSA) is 12.9 Å². The lowest BCUT2D eigenvalue weighted by atomic mass is 9.85. The van der Waals surface area contributed by atoms with Gasteiger partial charge in [0.25, 0.3) is 0 Å². The van der Waals surface area contributed by atoms with Crippen molar-refractivity contribution < 1.29 is 0 Å². The van der Waals surface area contributed by atoms with Crippen LogP contribution < -0.4 is 0 Å². The Morgan fingerprint density at radius 1 is 1.03 bits per heavy atom. The predicted octanol–water partition coefficient (Wildman–Crippen LogP) is 10.3. The standard InChI is InChI=1S/C30H31NS3/c1-16(2)13-24-17(3)25-22(33-24)7-8-23-26(25)20-9-11-31-27(29(20)34-23)19-14-18-10-12-32-28(18)21(15-19)30(4,5)6/h7-12,14-17,24H,13H2,1-6H3. The van der Waals surface area contributed by atoms with Crippen molar-refractivity contribution >= 4 is 64.7 Å². The zero-order valence-electron chi connectivity index (χ0n) is 20.7. The second-order valence-corrected chi connectivity index (χ2v) is 14.4. The van der Waals surface area contributed by atoms with Crippen LogP contribution in [0.3, 0.4) is 0 Å². The van der Waals surface area contributed by atoms with Gasteiger partial charge in [-0.2, -0.15) is 0 Å². The van der Waals surface area contributed by atoms with Crippen LogP contribution in [0.1, 0.15) is 65.0 Å². The third kappa shape index (κ3) is 3.53. The third-order valence-electron chi connectivity index (χ3n) is 7.18. The number of rotatable bonds is 3.